The van der Waals surface area contributed by atoms with Gasteiger partial charge in [0, 0.05) is 24.4 Å². The number of amides is 1. The van der Waals surface area contributed by atoms with E-state index in [4.69, 9.17) is 4.74 Å². The Hall–Kier alpha value is -3.09. The van der Waals surface area contributed by atoms with Gasteiger partial charge in [-0.15, -0.1) is 0 Å². The van der Waals surface area contributed by atoms with Gasteiger partial charge in [0.1, 0.15) is 5.75 Å². The molecular weight excluding hydrogens is 322 g/mol. The van der Waals surface area contributed by atoms with Gasteiger partial charge < -0.3 is 15.4 Å². The van der Waals surface area contributed by atoms with Crippen LogP contribution in [0.3, 0.4) is 0 Å². The average molecular weight is 343 g/mol. The third-order valence-electron chi connectivity index (χ3n) is 3.77. The fraction of sp³-hybridized carbons (Fsp3) is 0.278. The molecule has 0 saturated carbocycles. The van der Waals surface area contributed by atoms with Crippen LogP contribution in [0.2, 0.25) is 0 Å². The molecule has 0 atom stereocenters. The monoisotopic (exact) mass is 343 g/mol. The van der Waals surface area contributed by atoms with E-state index in [1.165, 1.54) is 12.1 Å². The molecule has 0 aliphatic heterocycles. The first-order valence-corrected chi connectivity index (χ1v) is 7.88. The highest BCUT2D eigenvalue weighted by Crippen LogP contribution is 2.21. The van der Waals surface area contributed by atoms with Crippen molar-refractivity contribution in [2.75, 3.05) is 25.5 Å². The summed E-state index contributed by atoms with van der Waals surface area (Å²) in [6.45, 7) is 2.40. The predicted molar refractivity (Wildman–Crippen MR) is 96.0 cm³/mol. The molecule has 0 heterocycles. The molecule has 0 bridgehead atoms. The molecule has 7 nitrogen and oxygen atoms in total. The number of hydrogen-bond acceptors (Lipinski definition) is 5. The highest BCUT2D eigenvalue weighted by molar-refractivity contribution is 5.81. The predicted octanol–water partition coefficient (Wildman–Crippen LogP) is 2.68. The number of anilines is 1. The number of aryl methyl sites for hydroxylation is 1. The number of nitrogens with one attached hydrogen (secondary N) is 2. The second-order valence-corrected chi connectivity index (χ2v) is 5.56. The molecule has 2 N–H and O–H groups in total. The first-order chi connectivity index (χ1) is 12.0. The van der Waals surface area contributed by atoms with E-state index in [0.717, 1.165) is 16.9 Å². The Bertz CT molecular complexity index is 744. The third kappa shape index (κ3) is 5.49. The Kier molecular flexibility index (Phi) is 6.33. The normalized spacial score (nSPS) is 10.2. The Labute approximate surface area is 146 Å². The van der Waals surface area contributed by atoms with Crippen molar-refractivity contribution < 1.29 is 14.5 Å². The fourth-order valence-electron chi connectivity index (χ4n) is 2.29. The molecule has 0 spiro atoms. The molecule has 25 heavy (non-hydrogen) atoms. The van der Waals surface area contributed by atoms with Gasteiger partial charge in [-0.1, -0.05) is 18.2 Å². The second-order valence-electron chi connectivity index (χ2n) is 5.56. The first-order valence-electron chi connectivity index (χ1n) is 7.88. The van der Waals surface area contributed by atoms with Crippen molar-refractivity contribution in [1.82, 2.24) is 5.32 Å². The molecule has 2 rings (SSSR count). The van der Waals surface area contributed by atoms with Crippen molar-refractivity contribution in [2.24, 2.45) is 0 Å². The molecule has 2 aromatic carbocycles. The minimum atomic E-state index is -0.459. The molecule has 0 unspecified atom stereocenters. The molecule has 132 valence electrons. The van der Waals surface area contributed by atoms with Crippen LogP contribution < -0.4 is 15.4 Å². The van der Waals surface area contributed by atoms with Gasteiger partial charge in [-0.3, -0.25) is 14.9 Å². The van der Waals surface area contributed by atoms with E-state index in [0.29, 0.717) is 18.7 Å². The first kappa shape index (κ1) is 18.3. The summed E-state index contributed by atoms with van der Waals surface area (Å²) in [7, 11) is 1.62. The molecule has 0 fully saturated rings. The topological polar surface area (TPSA) is 93.5 Å². The summed E-state index contributed by atoms with van der Waals surface area (Å²) in [5, 5.41) is 16.6. The number of benzene rings is 2. The van der Waals surface area contributed by atoms with Gasteiger partial charge in [-0.05, 0) is 36.6 Å². The maximum absolute atomic E-state index is 11.9. The lowest BCUT2D eigenvalue weighted by atomic mass is 10.1. The Morgan fingerprint density at radius 1 is 1.20 bits per heavy atom. The lowest BCUT2D eigenvalue weighted by Gasteiger charge is -2.10. The van der Waals surface area contributed by atoms with Crippen molar-refractivity contribution in [2.45, 2.75) is 13.3 Å². The average Bonchev–Trinajstić information content (AvgIpc) is 2.61. The summed E-state index contributed by atoms with van der Waals surface area (Å²) in [6.07, 6.45) is 0.714. The number of methoxy groups -OCH3 is 1. The van der Waals surface area contributed by atoms with Crippen molar-refractivity contribution in [1.29, 1.82) is 0 Å². The zero-order chi connectivity index (χ0) is 18.2. The lowest BCUT2D eigenvalue weighted by Crippen LogP contribution is -2.31. The van der Waals surface area contributed by atoms with E-state index in [-0.39, 0.29) is 18.1 Å². The van der Waals surface area contributed by atoms with Crippen LogP contribution in [0, 0.1) is 17.0 Å². The number of hydrogen-bond donors (Lipinski definition) is 2. The SMILES string of the molecule is COc1ccc(CCNC(=O)CNc2cc([N+](=O)[O-])ccc2C)cc1. The molecule has 2 aromatic rings. The molecular formula is C18H21N3O4. The smallest absolute Gasteiger partial charge is 0.271 e. The van der Waals surface area contributed by atoms with Crippen LogP contribution >= 0.6 is 0 Å². The van der Waals surface area contributed by atoms with Gasteiger partial charge in [0.25, 0.3) is 5.69 Å². The van der Waals surface area contributed by atoms with Crippen molar-refractivity contribution in [3.8, 4) is 5.75 Å². The van der Waals surface area contributed by atoms with Gasteiger partial charge in [-0.2, -0.15) is 0 Å². The van der Waals surface area contributed by atoms with Crippen LogP contribution in [0.5, 0.6) is 5.75 Å². The van der Waals surface area contributed by atoms with Crippen molar-refractivity contribution in [3.63, 3.8) is 0 Å². The highest BCUT2D eigenvalue weighted by Gasteiger charge is 2.09. The van der Waals surface area contributed by atoms with E-state index in [1.54, 1.807) is 13.2 Å². The van der Waals surface area contributed by atoms with E-state index in [9.17, 15) is 14.9 Å². The summed E-state index contributed by atoms with van der Waals surface area (Å²) in [5.41, 5.74) is 2.52. The minimum absolute atomic E-state index is 0.00647. The van der Waals surface area contributed by atoms with Crippen LogP contribution in [0.4, 0.5) is 11.4 Å². The van der Waals surface area contributed by atoms with Gasteiger partial charge in [-0.25, -0.2) is 0 Å². The van der Waals surface area contributed by atoms with Crippen LogP contribution in [0.1, 0.15) is 11.1 Å². The minimum Gasteiger partial charge on any atom is -0.497 e. The maximum atomic E-state index is 11.9. The number of nitro groups is 1. The van der Waals surface area contributed by atoms with Gasteiger partial charge >= 0.3 is 0 Å². The quantitative estimate of drug-likeness (QED) is 0.568. The molecule has 0 aliphatic carbocycles. The molecule has 0 radical (unpaired) electrons. The second kappa shape index (κ2) is 8.68. The largest absolute Gasteiger partial charge is 0.497 e. The molecule has 0 aliphatic rings. The number of ether oxygens (including phenoxy) is 1. The van der Waals surface area contributed by atoms with Crippen LogP contribution in [-0.2, 0) is 11.2 Å². The standard InChI is InChI=1S/C18H21N3O4/c1-13-3-6-15(21(23)24)11-17(13)20-12-18(22)19-10-9-14-4-7-16(25-2)8-5-14/h3-8,11,20H,9-10,12H2,1-2H3,(H,19,22). The van der Waals surface area contributed by atoms with Crippen LogP contribution in [0.15, 0.2) is 42.5 Å². The Morgan fingerprint density at radius 2 is 1.92 bits per heavy atom. The number of nitro benzene ring substituents is 1. The van der Waals surface area contributed by atoms with Crippen molar-refractivity contribution >= 4 is 17.3 Å². The van der Waals surface area contributed by atoms with Gasteiger partial charge in [0.2, 0.25) is 5.91 Å². The van der Waals surface area contributed by atoms with Crippen molar-refractivity contribution in [3.05, 3.63) is 63.7 Å². The number of nitrogens with zero attached hydrogens (tertiary/aromatic N) is 1. The van der Waals surface area contributed by atoms with E-state index in [2.05, 4.69) is 10.6 Å². The maximum Gasteiger partial charge on any atom is 0.271 e. The summed E-state index contributed by atoms with van der Waals surface area (Å²) in [5.74, 6) is 0.628. The molecule has 0 aromatic heterocycles. The summed E-state index contributed by atoms with van der Waals surface area (Å²) >= 11 is 0. The number of carbonyl (C=O) groups excluding carboxylic acids is 1. The van der Waals surface area contributed by atoms with E-state index >= 15 is 0 Å². The van der Waals surface area contributed by atoms with Gasteiger partial charge in [0.05, 0.1) is 18.6 Å². The number of rotatable bonds is 8. The number of carbonyl (C=O) groups is 1. The summed E-state index contributed by atoms with van der Waals surface area (Å²) in [6, 6.07) is 12.2. The number of non-ortho nitro benzene ring substituents is 1. The van der Waals surface area contributed by atoms with Crippen LogP contribution in [-0.4, -0.2) is 31.0 Å². The Balaban J connectivity index is 1.78. The third-order valence-corrected chi connectivity index (χ3v) is 3.77. The summed E-state index contributed by atoms with van der Waals surface area (Å²) in [4.78, 5) is 22.3. The van der Waals surface area contributed by atoms with E-state index < -0.39 is 4.92 Å². The Morgan fingerprint density at radius 3 is 2.56 bits per heavy atom. The zero-order valence-electron chi connectivity index (χ0n) is 14.2. The molecule has 0 saturated heterocycles. The molecule has 7 heteroatoms. The van der Waals surface area contributed by atoms with Crippen LogP contribution in [0.25, 0.3) is 0 Å². The molecule has 1 amide bonds. The fourth-order valence-corrected chi connectivity index (χ4v) is 2.29. The zero-order valence-corrected chi connectivity index (χ0v) is 14.2. The summed E-state index contributed by atoms with van der Waals surface area (Å²) < 4.78 is 5.10. The highest BCUT2D eigenvalue weighted by atomic mass is 16.6. The lowest BCUT2D eigenvalue weighted by molar-refractivity contribution is -0.384. The van der Waals surface area contributed by atoms with Gasteiger partial charge in [0.15, 0.2) is 0 Å². The van der Waals surface area contributed by atoms with E-state index in [1.807, 2.05) is 31.2 Å².